The van der Waals surface area contributed by atoms with E-state index >= 15 is 0 Å². The number of rotatable bonds is 10. The Morgan fingerprint density at radius 3 is 2.46 bits per heavy atom. The molecule has 0 bridgehead atoms. The third-order valence-electron chi connectivity index (χ3n) is 7.42. The van der Waals surface area contributed by atoms with Crippen LogP contribution in [-0.4, -0.2) is 54.9 Å². The number of hydrazone groups is 1. The van der Waals surface area contributed by atoms with Gasteiger partial charge in [0.2, 0.25) is 5.91 Å². The van der Waals surface area contributed by atoms with Crippen LogP contribution in [0.15, 0.2) is 71.8 Å². The number of unbranched alkanes of at least 4 members (excludes halogenated alkanes) is 1. The van der Waals surface area contributed by atoms with Gasteiger partial charge in [-0.1, -0.05) is 68.8 Å². The van der Waals surface area contributed by atoms with Crippen LogP contribution in [0.4, 0.5) is 0 Å². The molecule has 3 aromatic carbocycles. The molecule has 9 nitrogen and oxygen atoms in total. The predicted molar refractivity (Wildman–Crippen MR) is 156 cm³/mol. The normalized spacial score (nSPS) is 15.3. The van der Waals surface area contributed by atoms with Crippen molar-refractivity contribution in [3.8, 4) is 11.1 Å². The van der Waals surface area contributed by atoms with Gasteiger partial charge in [-0.2, -0.15) is 5.10 Å². The highest BCUT2D eigenvalue weighted by atomic mass is 16.4. The lowest BCUT2D eigenvalue weighted by atomic mass is 9.93. The number of aromatic nitrogens is 2. The lowest BCUT2D eigenvalue weighted by Gasteiger charge is -2.26. The molecule has 0 fully saturated rings. The fourth-order valence-electron chi connectivity index (χ4n) is 5.37. The van der Waals surface area contributed by atoms with E-state index < -0.39 is 18.5 Å². The van der Waals surface area contributed by atoms with Crippen molar-refractivity contribution in [2.45, 2.75) is 46.1 Å². The van der Waals surface area contributed by atoms with Crippen molar-refractivity contribution in [2.24, 2.45) is 11.0 Å². The number of nitrogens with zero attached hydrogens (tertiary/aromatic N) is 4. The highest BCUT2D eigenvalue weighted by molar-refractivity contribution is 6.07. The van der Waals surface area contributed by atoms with Crippen LogP contribution in [0.5, 0.6) is 0 Å². The molecule has 2 heterocycles. The van der Waals surface area contributed by atoms with Crippen molar-refractivity contribution >= 4 is 34.6 Å². The SMILES string of the molecule is CCCCc1nc2ccc(C3=NN(CC(=O)O)C(=O)CC3C)cc2n1Cc1ccccc1-c1ccccc1C(=O)O. The van der Waals surface area contributed by atoms with E-state index in [4.69, 9.17) is 4.98 Å². The second-order valence-corrected chi connectivity index (χ2v) is 10.4. The first-order valence-electron chi connectivity index (χ1n) is 13.8. The molecule has 5 rings (SSSR count). The number of hydrogen-bond donors (Lipinski definition) is 2. The van der Waals surface area contributed by atoms with E-state index in [1.807, 2.05) is 61.5 Å². The van der Waals surface area contributed by atoms with Crippen LogP contribution in [0.2, 0.25) is 0 Å². The van der Waals surface area contributed by atoms with Crippen LogP contribution in [0.25, 0.3) is 22.2 Å². The number of amides is 1. The number of hydrogen-bond acceptors (Lipinski definition) is 5. The summed E-state index contributed by atoms with van der Waals surface area (Å²) in [4.78, 5) is 40.7. The van der Waals surface area contributed by atoms with E-state index in [1.165, 1.54) is 0 Å². The molecule has 1 atom stereocenters. The minimum atomic E-state index is -1.12. The zero-order valence-electron chi connectivity index (χ0n) is 23.1. The van der Waals surface area contributed by atoms with Gasteiger partial charge in [0, 0.05) is 30.9 Å². The maximum Gasteiger partial charge on any atom is 0.336 e. The maximum atomic E-state index is 12.4. The number of carbonyl (C=O) groups excluding carboxylic acids is 1. The van der Waals surface area contributed by atoms with Crippen molar-refractivity contribution in [3.63, 3.8) is 0 Å². The van der Waals surface area contributed by atoms with Crippen molar-refractivity contribution in [1.82, 2.24) is 14.6 Å². The van der Waals surface area contributed by atoms with Crippen molar-refractivity contribution in [1.29, 1.82) is 0 Å². The summed E-state index contributed by atoms with van der Waals surface area (Å²) in [5, 5.41) is 24.6. The van der Waals surface area contributed by atoms with Crippen molar-refractivity contribution in [2.75, 3.05) is 6.54 Å². The lowest BCUT2D eigenvalue weighted by molar-refractivity contribution is -0.145. The number of benzene rings is 3. The molecule has 0 spiro atoms. The number of aryl methyl sites for hydroxylation is 1. The average Bonchev–Trinajstić information content (AvgIpc) is 3.29. The van der Waals surface area contributed by atoms with Crippen LogP contribution in [-0.2, 0) is 22.6 Å². The summed E-state index contributed by atoms with van der Waals surface area (Å²) in [6.45, 7) is 4.05. The summed E-state index contributed by atoms with van der Waals surface area (Å²) >= 11 is 0. The van der Waals surface area contributed by atoms with E-state index in [-0.39, 0.29) is 23.8 Å². The standard InChI is InChI=1S/C32H32N4O5/c1-3-4-13-28-33-26-15-14-21(31-20(2)16-29(37)36(34-31)19-30(38)39)17-27(26)35(28)18-22-9-5-6-10-23(22)24-11-7-8-12-25(24)32(40)41/h5-12,14-15,17,20H,3-4,13,16,18-19H2,1-2H3,(H,38,39)(H,40,41). The molecule has 41 heavy (non-hydrogen) atoms. The third-order valence-corrected chi connectivity index (χ3v) is 7.42. The van der Waals surface area contributed by atoms with Crippen LogP contribution >= 0.6 is 0 Å². The fraction of sp³-hybridized carbons (Fsp3) is 0.281. The van der Waals surface area contributed by atoms with Gasteiger partial charge in [0.05, 0.1) is 22.3 Å². The molecule has 1 unspecified atom stereocenters. The molecule has 1 aromatic heterocycles. The molecule has 0 radical (unpaired) electrons. The summed E-state index contributed by atoms with van der Waals surface area (Å²) in [6.07, 6.45) is 2.95. The van der Waals surface area contributed by atoms with Gasteiger partial charge in [0.1, 0.15) is 12.4 Å². The Balaban J connectivity index is 1.62. The van der Waals surface area contributed by atoms with E-state index in [9.17, 15) is 24.6 Å². The number of carboxylic acid groups (broad SMARTS) is 2. The topological polar surface area (TPSA) is 125 Å². The van der Waals surface area contributed by atoms with Gasteiger partial charge in [-0.3, -0.25) is 9.59 Å². The Hall–Kier alpha value is -4.79. The Morgan fingerprint density at radius 2 is 1.73 bits per heavy atom. The van der Waals surface area contributed by atoms with E-state index in [0.29, 0.717) is 17.8 Å². The molecule has 1 amide bonds. The summed E-state index contributed by atoms with van der Waals surface area (Å²) in [7, 11) is 0. The van der Waals surface area contributed by atoms with Crippen LogP contribution in [0, 0.1) is 5.92 Å². The minimum Gasteiger partial charge on any atom is -0.480 e. The van der Waals surface area contributed by atoms with Gasteiger partial charge in [0.25, 0.3) is 0 Å². The number of carboxylic acids is 2. The molecular formula is C32H32N4O5. The van der Waals surface area contributed by atoms with Crippen LogP contribution in [0.1, 0.15) is 60.4 Å². The minimum absolute atomic E-state index is 0.172. The smallest absolute Gasteiger partial charge is 0.336 e. The monoisotopic (exact) mass is 552 g/mol. The van der Waals surface area contributed by atoms with Crippen molar-refractivity contribution in [3.05, 3.63) is 89.2 Å². The first kappa shape index (κ1) is 27.8. The number of imidazole rings is 1. The summed E-state index contributed by atoms with van der Waals surface area (Å²) in [6, 6.07) is 20.7. The van der Waals surface area contributed by atoms with Crippen LogP contribution in [0.3, 0.4) is 0 Å². The quantitative estimate of drug-likeness (QED) is 0.270. The lowest BCUT2D eigenvalue weighted by Crippen LogP contribution is -2.39. The number of fused-ring (bicyclic) bond motifs is 1. The first-order chi connectivity index (χ1) is 19.8. The summed E-state index contributed by atoms with van der Waals surface area (Å²) in [5.74, 6) is -1.64. The third kappa shape index (κ3) is 5.75. The summed E-state index contributed by atoms with van der Waals surface area (Å²) < 4.78 is 2.17. The maximum absolute atomic E-state index is 12.4. The largest absolute Gasteiger partial charge is 0.480 e. The van der Waals surface area contributed by atoms with Gasteiger partial charge in [-0.05, 0) is 41.3 Å². The second kappa shape index (κ2) is 11.8. The van der Waals surface area contributed by atoms with Gasteiger partial charge in [0.15, 0.2) is 0 Å². The first-order valence-corrected chi connectivity index (χ1v) is 13.8. The number of carbonyl (C=O) groups is 3. The second-order valence-electron chi connectivity index (χ2n) is 10.4. The summed E-state index contributed by atoms with van der Waals surface area (Å²) in [5.41, 5.74) is 5.89. The highest BCUT2D eigenvalue weighted by Crippen LogP contribution is 2.30. The molecule has 1 aliphatic heterocycles. The van der Waals surface area contributed by atoms with Gasteiger partial charge >= 0.3 is 11.9 Å². The molecule has 1 aliphatic rings. The Kier molecular flexibility index (Phi) is 7.96. The Morgan fingerprint density at radius 1 is 1.00 bits per heavy atom. The number of aliphatic carboxylic acids is 1. The molecular weight excluding hydrogens is 520 g/mol. The van der Waals surface area contributed by atoms with E-state index in [1.54, 1.807) is 12.1 Å². The highest BCUT2D eigenvalue weighted by Gasteiger charge is 2.29. The zero-order valence-corrected chi connectivity index (χ0v) is 23.1. The average molecular weight is 553 g/mol. The fourth-order valence-corrected chi connectivity index (χ4v) is 5.37. The Bertz CT molecular complexity index is 1670. The van der Waals surface area contributed by atoms with Gasteiger partial charge in [-0.15, -0.1) is 0 Å². The number of aromatic carboxylic acids is 1. The van der Waals surface area contributed by atoms with Gasteiger partial charge < -0.3 is 14.8 Å². The van der Waals surface area contributed by atoms with E-state index in [2.05, 4.69) is 16.6 Å². The zero-order chi connectivity index (χ0) is 29.1. The molecule has 4 aromatic rings. The van der Waals surface area contributed by atoms with Gasteiger partial charge in [-0.25, -0.2) is 14.8 Å². The molecule has 0 saturated carbocycles. The molecule has 0 saturated heterocycles. The molecule has 9 heteroatoms. The van der Waals surface area contributed by atoms with E-state index in [0.717, 1.165) is 57.8 Å². The Labute approximate surface area is 237 Å². The van der Waals surface area contributed by atoms with Crippen molar-refractivity contribution < 1.29 is 24.6 Å². The molecule has 0 aliphatic carbocycles. The molecule has 2 N–H and O–H groups in total. The van der Waals surface area contributed by atoms with Crippen LogP contribution < -0.4 is 0 Å². The predicted octanol–water partition coefficient (Wildman–Crippen LogP) is 5.45. The molecule has 210 valence electrons.